The van der Waals surface area contributed by atoms with E-state index in [1.807, 2.05) is 12.1 Å². The molecule has 100 valence electrons. The molecular formula is C15H16FNO2. The summed E-state index contributed by atoms with van der Waals surface area (Å²) in [4.78, 5) is 0. The largest absolute Gasteiger partial charge is 0.348 e. The lowest BCUT2D eigenvalue weighted by atomic mass is 9.81. The van der Waals surface area contributed by atoms with Gasteiger partial charge in [-0.05, 0) is 36.5 Å². The highest BCUT2D eigenvalue weighted by Gasteiger charge is 2.40. The Kier molecular flexibility index (Phi) is 3.26. The maximum absolute atomic E-state index is 13.6. The summed E-state index contributed by atoms with van der Waals surface area (Å²) < 4.78 is 25.0. The van der Waals surface area contributed by atoms with E-state index in [0.717, 1.165) is 31.2 Å². The van der Waals surface area contributed by atoms with Crippen molar-refractivity contribution in [3.63, 3.8) is 0 Å². The Labute approximate surface area is 111 Å². The van der Waals surface area contributed by atoms with Crippen molar-refractivity contribution in [3.05, 3.63) is 35.1 Å². The number of nitrogens with zero attached hydrogens (tertiary/aromatic N) is 1. The lowest BCUT2D eigenvalue weighted by molar-refractivity contribution is -0.178. The number of hydrogen-bond acceptors (Lipinski definition) is 3. The molecule has 2 fully saturated rings. The molecule has 0 aromatic heterocycles. The fraction of sp³-hybridized carbons (Fsp3) is 0.533. The summed E-state index contributed by atoms with van der Waals surface area (Å²) in [5.41, 5.74) is 1.09. The topological polar surface area (TPSA) is 42.2 Å². The number of rotatable bonds is 1. The second-order valence-electron chi connectivity index (χ2n) is 5.23. The summed E-state index contributed by atoms with van der Waals surface area (Å²) >= 11 is 0. The van der Waals surface area contributed by atoms with Gasteiger partial charge in [0.05, 0.1) is 18.8 Å². The van der Waals surface area contributed by atoms with Crippen LogP contribution in [0.3, 0.4) is 0 Å². The maximum atomic E-state index is 13.6. The van der Waals surface area contributed by atoms with Crippen molar-refractivity contribution in [1.82, 2.24) is 0 Å². The highest BCUT2D eigenvalue weighted by Crippen LogP contribution is 2.42. The van der Waals surface area contributed by atoms with Crippen molar-refractivity contribution in [1.29, 1.82) is 5.26 Å². The normalized spacial score (nSPS) is 22.5. The fourth-order valence-corrected chi connectivity index (χ4v) is 3.05. The van der Waals surface area contributed by atoms with Crippen LogP contribution in [0.1, 0.15) is 42.7 Å². The molecule has 1 aliphatic carbocycles. The molecule has 1 spiro atoms. The van der Waals surface area contributed by atoms with Crippen molar-refractivity contribution >= 4 is 0 Å². The molecule has 0 N–H and O–H groups in total. The van der Waals surface area contributed by atoms with Crippen LogP contribution in [0.5, 0.6) is 0 Å². The monoisotopic (exact) mass is 261 g/mol. The molecule has 2 aliphatic rings. The van der Waals surface area contributed by atoms with Gasteiger partial charge in [0.2, 0.25) is 0 Å². The van der Waals surface area contributed by atoms with Crippen LogP contribution in [0.15, 0.2) is 18.2 Å². The van der Waals surface area contributed by atoms with Gasteiger partial charge in [0.15, 0.2) is 5.79 Å². The summed E-state index contributed by atoms with van der Waals surface area (Å²) in [6, 6.07) is 6.78. The molecule has 19 heavy (non-hydrogen) atoms. The molecule has 3 nitrogen and oxygen atoms in total. The van der Waals surface area contributed by atoms with Gasteiger partial charge >= 0.3 is 0 Å². The van der Waals surface area contributed by atoms with Gasteiger partial charge in [0.1, 0.15) is 11.9 Å². The molecule has 0 amide bonds. The van der Waals surface area contributed by atoms with Gasteiger partial charge in [-0.15, -0.1) is 0 Å². The number of hydrogen-bond donors (Lipinski definition) is 0. The Hall–Kier alpha value is -1.44. The Morgan fingerprint density at radius 3 is 2.47 bits per heavy atom. The van der Waals surface area contributed by atoms with E-state index < -0.39 is 5.82 Å². The minimum absolute atomic E-state index is 0.110. The van der Waals surface area contributed by atoms with Crippen molar-refractivity contribution in [2.45, 2.75) is 37.4 Å². The van der Waals surface area contributed by atoms with Crippen LogP contribution in [0.4, 0.5) is 4.39 Å². The Balaban J connectivity index is 1.71. The van der Waals surface area contributed by atoms with Crippen molar-refractivity contribution in [3.8, 4) is 6.07 Å². The molecule has 1 saturated heterocycles. The van der Waals surface area contributed by atoms with Crippen LogP contribution >= 0.6 is 0 Å². The van der Waals surface area contributed by atoms with Gasteiger partial charge < -0.3 is 9.47 Å². The SMILES string of the molecule is N#Cc1ccc(C2CCC3(CC2)OCCO3)cc1F. The maximum Gasteiger partial charge on any atom is 0.168 e. The van der Waals surface area contributed by atoms with Gasteiger partial charge in [0, 0.05) is 12.8 Å². The number of halogens is 1. The molecule has 4 heteroatoms. The molecule has 3 rings (SSSR count). The van der Waals surface area contributed by atoms with E-state index in [-0.39, 0.29) is 11.4 Å². The molecule has 0 unspecified atom stereocenters. The Bertz CT molecular complexity index is 507. The van der Waals surface area contributed by atoms with E-state index in [0.29, 0.717) is 19.1 Å². The first kappa shape index (κ1) is 12.6. The summed E-state index contributed by atoms with van der Waals surface area (Å²) in [6.45, 7) is 1.35. The van der Waals surface area contributed by atoms with Gasteiger partial charge in [-0.3, -0.25) is 0 Å². The average molecular weight is 261 g/mol. The van der Waals surface area contributed by atoms with Crippen LogP contribution in [-0.2, 0) is 9.47 Å². The zero-order chi connectivity index (χ0) is 13.3. The lowest BCUT2D eigenvalue weighted by Gasteiger charge is -2.35. The van der Waals surface area contributed by atoms with Crippen molar-refractivity contribution in [2.75, 3.05) is 13.2 Å². The van der Waals surface area contributed by atoms with Crippen LogP contribution in [0.2, 0.25) is 0 Å². The Morgan fingerprint density at radius 1 is 1.21 bits per heavy atom. The van der Waals surface area contributed by atoms with Crippen molar-refractivity contribution < 1.29 is 13.9 Å². The molecular weight excluding hydrogens is 245 g/mol. The van der Waals surface area contributed by atoms with Gasteiger partial charge in [-0.25, -0.2) is 4.39 Å². The van der Waals surface area contributed by atoms with E-state index in [1.54, 1.807) is 6.07 Å². The zero-order valence-electron chi connectivity index (χ0n) is 10.7. The molecule has 1 heterocycles. The number of benzene rings is 1. The van der Waals surface area contributed by atoms with Gasteiger partial charge in [-0.1, -0.05) is 6.07 Å². The summed E-state index contributed by atoms with van der Waals surface area (Å²) in [7, 11) is 0. The highest BCUT2D eigenvalue weighted by molar-refractivity contribution is 5.35. The van der Waals surface area contributed by atoms with Crippen LogP contribution in [0, 0.1) is 17.1 Å². The Morgan fingerprint density at radius 2 is 1.89 bits per heavy atom. The van der Waals surface area contributed by atoms with Crippen LogP contribution in [-0.4, -0.2) is 19.0 Å². The quantitative estimate of drug-likeness (QED) is 0.780. The summed E-state index contributed by atoms with van der Waals surface area (Å²) in [5.74, 6) is -0.462. The summed E-state index contributed by atoms with van der Waals surface area (Å²) in [5, 5.41) is 8.74. The highest BCUT2D eigenvalue weighted by atomic mass is 19.1. The molecule has 1 aromatic carbocycles. The molecule has 1 saturated carbocycles. The molecule has 1 aromatic rings. The molecule has 1 aliphatic heterocycles. The first-order chi connectivity index (χ1) is 9.22. The third-order valence-corrected chi connectivity index (χ3v) is 4.15. The van der Waals surface area contributed by atoms with Crippen LogP contribution < -0.4 is 0 Å². The third-order valence-electron chi connectivity index (χ3n) is 4.15. The average Bonchev–Trinajstić information content (AvgIpc) is 2.88. The predicted molar refractivity (Wildman–Crippen MR) is 67.0 cm³/mol. The standard InChI is InChI=1S/C15H16FNO2/c16-14-9-12(1-2-13(14)10-17)11-3-5-15(6-4-11)18-7-8-19-15/h1-2,9,11H,3-8H2. The van der Waals surface area contributed by atoms with E-state index in [9.17, 15) is 4.39 Å². The van der Waals surface area contributed by atoms with E-state index in [2.05, 4.69) is 0 Å². The third kappa shape index (κ3) is 2.36. The van der Waals surface area contributed by atoms with E-state index >= 15 is 0 Å². The summed E-state index contributed by atoms with van der Waals surface area (Å²) in [6.07, 6.45) is 3.59. The second kappa shape index (κ2) is 4.92. The lowest BCUT2D eigenvalue weighted by Crippen LogP contribution is -2.34. The number of ether oxygens (including phenoxy) is 2. The van der Waals surface area contributed by atoms with Gasteiger partial charge in [-0.2, -0.15) is 5.26 Å². The minimum atomic E-state index is -0.423. The first-order valence-electron chi connectivity index (χ1n) is 6.70. The molecule has 0 atom stereocenters. The van der Waals surface area contributed by atoms with Crippen LogP contribution in [0.25, 0.3) is 0 Å². The van der Waals surface area contributed by atoms with Crippen molar-refractivity contribution in [2.24, 2.45) is 0 Å². The van der Waals surface area contributed by atoms with E-state index in [1.165, 1.54) is 6.07 Å². The van der Waals surface area contributed by atoms with Gasteiger partial charge in [0.25, 0.3) is 0 Å². The van der Waals surface area contributed by atoms with E-state index in [4.69, 9.17) is 14.7 Å². The zero-order valence-corrected chi connectivity index (χ0v) is 10.7. The minimum Gasteiger partial charge on any atom is -0.348 e. The first-order valence-corrected chi connectivity index (χ1v) is 6.70. The smallest absolute Gasteiger partial charge is 0.168 e. The number of nitriles is 1. The molecule has 0 bridgehead atoms. The second-order valence-corrected chi connectivity index (χ2v) is 5.23. The fourth-order valence-electron chi connectivity index (χ4n) is 3.05. The predicted octanol–water partition coefficient (Wildman–Crippen LogP) is 3.10. The molecule has 0 radical (unpaired) electrons.